The van der Waals surface area contributed by atoms with Crippen molar-refractivity contribution in [3.8, 4) is 11.3 Å². The lowest BCUT2D eigenvalue weighted by Gasteiger charge is -2.18. The predicted molar refractivity (Wildman–Crippen MR) is 65.1 cm³/mol. The van der Waals surface area contributed by atoms with E-state index >= 15 is 0 Å². The van der Waals surface area contributed by atoms with E-state index in [4.69, 9.17) is 0 Å². The molecule has 2 aromatic rings. The van der Waals surface area contributed by atoms with Gasteiger partial charge in [0, 0.05) is 24.7 Å². The standard InChI is InChI=1S/C14H15FN2/c1-10-5-6-17-9-13(16-14(17)7-10)11-3-2-4-12(15)8-11/h2-4,8-10H,5-7H2,1H3/t10-/m1/s1. The highest BCUT2D eigenvalue weighted by Crippen LogP contribution is 2.25. The van der Waals surface area contributed by atoms with Crippen molar-refractivity contribution in [1.29, 1.82) is 0 Å². The Kier molecular flexibility index (Phi) is 2.46. The van der Waals surface area contributed by atoms with Gasteiger partial charge in [-0.2, -0.15) is 0 Å². The molecule has 88 valence electrons. The number of fused-ring (bicyclic) bond motifs is 1. The minimum atomic E-state index is -0.207. The first kappa shape index (κ1) is 10.5. The maximum Gasteiger partial charge on any atom is 0.123 e. The van der Waals surface area contributed by atoms with Crippen molar-refractivity contribution < 1.29 is 4.39 Å². The predicted octanol–water partition coefficient (Wildman–Crippen LogP) is 3.27. The minimum Gasteiger partial charge on any atom is -0.334 e. The molecule has 0 N–H and O–H groups in total. The molecule has 17 heavy (non-hydrogen) atoms. The summed E-state index contributed by atoms with van der Waals surface area (Å²) in [5.41, 5.74) is 1.74. The van der Waals surface area contributed by atoms with Gasteiger partial charge in [0.1, 0.15) is 11.6 Å². The molecule has 3 rings (SSSR count). The molecule has 1 atom stereocenters. The Bertz CT molecular complexity index is 545. The van der Waals surface area contributed by atoms with E-state index in [0.29, 0.717) is 5.92 Å². The van der Waals surface area contributed by atoms with Gasteiger partial charge in [0.2, 0.25) is 0 Å². The molecular formula is C14H15FN2. The van der Waals surface area contributed by atoms with Gasteiger partial charge in [0.05, 0.1) is 5.69 Å². The first-order valence-corrected chi connectivity index (χ1v) is 6.04. The van der Waals surface area contributed by atoms with E-state index in [-0.39, 0.29) is 5.82 Å². The van der Waals surface area contributed by atoms with Gasteiger partial charge in [0.15, 0.2) is 0 Å². The molecule has 0 spiro atoms. The zero-order valence-corrected chi connectivity index (χ0v) is 9.86. The average Bonchev–Trinajstić information content (AvgIpc) is 2.72. The summed E-state index contributed by atoms with van der Waals surface area (Å²) in [5.74, 6) is 1.62. The number of rotatable bonds is 1. The smallest absolute Gasteiger partial charge is 0.123 e. The SMILES string of the molecule is C[C@@H]1CCn2cc(-c3cccc(F)c3)nc2C1. The van der Waals surface area contributed by atoms with E-state index in [0.717, 1.165) is 30.0 Å². The third kappa shape index (κ3) is 1.97. The van der Waals surface area contributed by atoms with Gasteiger partial charge < -0.3 is 4.57 Å². The van der Waals surface area contributed by atoms with Crippen molar-refractivity contribution in [2.75, 3.05) is 0 Å². The van der Waals surface area contributed by atoms with Gasteiger partial charge in [-0.05, 0) is 24.5 Å². The number of hydrogen-bond acceptors (Lipinski definition) is 1. The lowest BCUT2D eigenvalue weighted by Crippen LogP contribution is -2.16. The summed E-state index contributed by atoms with van der Waals surface area (Å²) >= 11 is 0. The number of nitrogens with zero attached hydrogens (tertiary/aromatic N) is 2. The normalized spacial score (nSPS) is 19.1. The molecule has 0 saturated carbocycles. The molecule has 1 aliphatic rings. The van der Waals surface area contributed by atoms with Crippen LogP contribution in [0.4, 0.5) is 4.39 Å². The molecule has 2 nitrogen and oxygen atoms in total. The van der Waals surface area contributed by atoms with Crippen LogP contribution >= 0.6 is 0 Å². The minimum absolute atomic E-state index is 0.207. The summed E-state index contributed by atoms with van der Waals surface area (Å²) in [6.07, 6.45) is 4.26. The molecular weight excluding hydrogens is 215 g/mol. The Labute approximate surface area is 100 Å². The quantitative estimate of drug-likeness (QED) is 0.735. The maximum atomic E-state index is 13.2. The molecule has 3 heteroatoms. The van der Waals surface area contributed by atoms with Gasteiger partial charge in [-0.15, -0.1) is 0 Å². The van der Waals surface area contributed by atoms with Gasteiger partial charge in [-0.1, -0.05) is 19.1 Å². The lowest BCUT2D eigenvalue weighted by molar-refractivity contribution is 0.409. The Hall–Kier alpha value is -1.64. The summed E-state index contributed by atoms with van der Waals surface area (Å²) in [4.78, 5) is 4.61. The van der Waals surface area contributed by atoms with Crippen LogP contribution in [0.25, 0.3) is 11.3 Å². The van der Waals surface area contributed by atoms with E-state index < -0.39 is 0 Å². The van der Waals surface area contributed by atoms with Crippen molar-refractivity contribution in [2.45, 2.75) is 26.3 Å². The van der Waals surface area contributed by atoms with E-state index in [9.17, 15) is 4.39 Å². The van der Waals surface area contributed by atoms with Crippen LogP contribution < -0.4 is 0 Å². The van der Waals surface area contributed by atoms with Gasteiger partial charge in [0.25, 0.3) is 0 Å². The fourth-order valence-corrected chi connectivity index (χ4v) is 2.37. The zero-order valence-electron chi connectivity index (χ0n) is 9.86. The monoisotopic (exact) mass is 230 g/mol. The highest BCUT2D eigenvalue weighted by Gasteiger charge is 2.17. The van der Waals surface area contributed by atoms with E-state index in [1.807, 2.05) is 12.3 Å². The lowest BCUT2D eigenvalue weighted by atomic mass is 10.0. The van der Waals surface area contributed by atoms with E-state index in [2.05, 4.69) is 16.5 Å². The Balaban J connectivity index is 2.00. The van der Waals surface area contributed by atoms with Crippen LogP contribution in [-0.4, -0.2) is 9.55 Å². The van der Waals surface area contributed by atoms with Crippen molar-refractivity contribution in [3.63, 3.8) is 0 Å². The number of hydrogen-bond donors (Lipinski definition) is 0. The molecule has 2 heterocycles. The Morgan fingerprint density at radius 1 is 1.41 bits per heavy atom. The molecule has 0 radical (unpaired) electrons. The molecule has 0 aliphatic carbocycles. The number of aromatic nitrogens is 2. The first-order valence-electron chi connectivity index (χ1n) is 6.04. The number of halogens is 1. The summed E-state index contributed by atoms with van der Waals surface area (Å²) in [6.45, 7) is 3.28. The highest BCUT2D eigenvalue weighted by atomic mass is 19.1. The third-order valence-corrected chi connectivity index (χ3v) is 3.37. The van der Waals surface area contributed by atoms with Crippen molar-refractivity contribution in [3.05, 3.63) is 42.1 Å². The number of benzene rings is 1. The maximum absolute atomic E-state index is 13.2. The van der Waals surface area contributed by atoms with Gasteiger partial charge >= 0.3 is 0 Å². The molecule has 1 aromatic heterocycles. The number of aryl methyl sites for hydroxylation is 1. The Morgan fingerprint density at radius 3 is 3.12 bits per heavy atom. The first-order chi connectivity index (χ1) is 8.22. The van der Waals surface area contributed by atoms with Gasteiger partial charge in [-0.25, -0.2) is 9.37 Å². The molecule has 0 unspecified atom stereocenters. The van der Waals surface area contributed by atoms with Crippen LogP contribution in [0, 0.1) is 11.7 Å². The third-order valence-electron chi connectivity index (χ3n) is 3.37. The second-order valence-corrected chi connectivity index (χ2v) is 4.84. The van der Waals surface area contributed by atoms with E-state index in [1.165, 1.54) is 18.6 Å². The van der Waals surface area contributed by atoms with Gasteiger partial charge in [-0.3, -0.25) is 0 Å². The highest BCUT2D eigenvalue weighted by molar-refractivity contribution is 5.58. The van der Waals surface area contributed by atoms with Crippen molar-refractivity contribution in [1.82, 2.24) is 9.55 Å². The van der Waals surface area contributed by atoms with Crippen LogP contribution in [-0.2, 0) is 13.0 Å². The fraction of sp³-hybridized carbons (Fsp3) is 0.357. The second-order valence-electron chi connectivity index (χ2n) is 4.84. The molecule has 0 bridgehead atoms. The second kappa shape index (κ2) is 3.99. The van der Waals surface area contributed by atoms with Crippen LogP contribution in [0.15, 0.2) is 30.5 Å². The fourth-order valence-electron chi connectivity index (χ4n) is 2.37. The average molecular weight is 230 g/mol. The van der Waals surface area contributed by atoms with Crippen molar-refractivity contribution in [2.24, 2.45) is 5.92 Å². The molecule has 0 fully saturated rings. The van der Waals surface area contributed by atoms with Crippen LogP contribution in [0.3, 0.4) is 0 Å². The summed E-state index contributed by atoms with van der Waals surface area (Å²) < 4.78 is 15.4. The van der Waals surface area contributed by atoms with Crippen LogP contribution in [0.5, 0.6) is 0 Å². The molecule has 0 amide bonds. The zero-order chi connectivity index (χ0) is 11.8. The Morgan fingerprint density at radius 2 is 2.29 bits per heavy atom. The molecule has 1 aromatic carbocycles. The molecule has 1 aliphatic heterocycles. The number of imidazole rings is 1. The van der Waals surface area contributed by atoms with E-state index in [1.54, 1.807) is 6.07 Å². The molecule has 0 saturated heterocycles. The summed E-state index contributed by atoms with van der Waals surface area (Å²) in [7, 11) is 0. The largest absolute Gasteiger partial charge is 0.334 e. The summed E-state index contributed by atoms with van der Waals surface area (Å²) in [6, 6.07) is 6.63. The van der Waals surface area contributed by atoms with Crippen LogP contribution in [0.1, 0.15) is 19.2 Å². The van der Waals surface area contributed by atoms with Crippen LogP contribution in [0.2, 0.25) is 0 Å². The van der Waals surface area contributed by atoms with Crippen molar-refractivity contribution >= 4 is 0 Å². The summed E-state index contributed by atoms with van der Waals surface area (Å²) in [5, 5.41) is 0. The topological polar surface area (TPSA) is 17.8 Å².